The number of hydrazone groups is 1. The van der Waals surface area contributed by atoms with E-state index in [2.05, 4.69) is 10.5 Å². The molecule has 0 radical (unpaired) electrons. The van der Waals surface area contributed by atoms with Crippen LogP contribution in [0.25, 0.3) is 0 Å². The minimum atomic E-state index is -3.30. The van der Waals surface area contributed by atoms with Crippen LogP contribution in [0.15, 0.2) is 82.8 Å². The van der Waals surface area contributed by atoms with Crippen LogP contribution in [0.1, 0.15) is 12.5 Å². The van der Waals surface area contributed by atoms with E-state index >= 15 is 0 Å². The molecule has 9 heteroatoms. The summed E-state index contributed by atoms with van der Waals surface area (Å²) in [5, 5.41) is 12.8. The second-order valence-corrected chi connectivity index (χ2v) is 8.91. The van der Waals surface area contributed by atoms with Gasteiger partial charge in [-0.05, 0) is 48.9 Å². The summed E-state index contributed by atoms with van der Waals surface area (Å²) in [4.78, 5) is 11.2. The minimum Gasteiger partial charge on any atom is -0.487 e. The Bertz CT molecular complexity index is 1220. The number of anilines is 1. The zero-order valence-corrected chi connectivity index (χ0v) is 18.3. The molecule has 0 amide bonds. The molecule has 8 nitrogen and oxygen atoms in total. The van der Waals surface area contributed by atoms with Crippen molar-refractivity contribution >= 4 is 27.2 Å². The highest BCUT2D eigenvalue weighted by atomic mass is 32.2. The maximum absolute atomic E-state index is 11.6. The van der Waals surface area contributed by atoms with Gasteiger partial charge in [0.25, 0.3) is 0 Å². The maximum Gasteiger partial charge on any atom is 0.351 e. The first kappa shape index (κ1) is 22.8. The van der Waals surface area contributed by atoms with Crippen molar-refractivity contribution in [3.8, 4) is 17.2 Å². The summed E-state index contributed by atoms with van der Waals surface area (Å²) in [5.74, 6) is 0.166. The number of nitrogens with one attached hydrogen (secondary N) is 1. The van der Waals surface area contributed by atoms with Crippen molar-refractivity contribution in [2.45, 2.75) is 18.4 Å². The first-order valence-electron chi connectivity index (χ1n) is 9.55. The third kappa shape index (κ3) is 6.32. The van der Waals surface area contributed by atoms with E-state index in [1.165, 1.54) is 19.1 Å². The number of benzene rings is 3. The molecule has 32 heavy (non-hydrogen) atoms. The number of ether oxygens (including phenoxy) is 2. The van der Waals surface area contributed by atoms with Crippen molar-refractivity contribution < 1.29 is 27.8 Å². The molecular weight excluding hydrogens is 432 g/mol. The SMILES string of the molecule is C/C(=N\Nc1ccc(Oc2ccc(S(C)(=O)=O)cc2)cc1OCc1ccccc1)C(=O)O. The summed E-state index contributed by atoms with van der Waals surface area (Å²) in [6.45, 7) is 1.65. The third-order valence-electron chi connectivity index (χ3n) is 4.33. The number of rotatable bonds is 9. The molecule has 0 aromatic heterocycles. The van der Waals surface area contributed by atoms with Crippen LogP contribution in [-0.4, -0.2) is 31.5 Å². The molecule has 3 aromatic carbocycles. The van der Waals surface area contributed by atoms with E-state index in [0.717, 1.165) is 11.8 Å². The summed E-state index contributed by atoms with van der Waals surface area (Å²) in [5.41, 5.74) is 4.01. The van der Waals surface area contributed by atoms with Crippen LogP contribution >= 0.6 is 0 Å². The first-order chi connectivity index (χ1) is 15.2. The second-order valence-electron chi connectivity index (χ2n) is 6.89. The van der Waals surface area contributed by atoms with Gasteiger partial charge < -0.3 is 14.6 Å². The highest BCUT2D eigenvalue weighted by Gasteiger charge is 2.10. The Balaban J connectivity index is 1.83. The van der Waals surface area contributed by atoms with Gasteiger partial charge in [-0.2, -0.15) is 5.10 Å². The molecule has 0 unspecified atom stereocenters. The predicted octanol–water partition coefficient (Wildman–Crippen LogP) is 4.33. The standard InChI is InChI=1S/C23H22N2O6S/c1-16(23(26)27)24-25-21-13-10-19(14-22(21)30-15-17-6-4-3-5-7-17)31-18-8-11-20(12-9-18)32(2,28)29/h3-14,25H,15H2,1-2H3,(H,26,27)/b24-16+. The van der Waals surface area contributed by atoms with Gasteiger partial charge in [-0.25, -0.2) is 13.2 Å². The molecule has 0 heterocycles. The summed E-state index contributed by atoms with van der Waals surface area (Å²) >= 11 is 0. The molecule has 3 aromatic rings. The van der Waals surface area contributed by atoms with Crippen LogP contribution in [0.4, 0.5) is 5.69 Å². The Labute approximate surface area is 186 Å². The van der Waals surface area contributed by atoms with Gasteiger partial charge in [0.15, 0.2) is 9.84 Å². The largest absolute Gasteiger partial charge is 0.487 e. The van der Waals surface area contributed by atoms with Gasteiger partial charge >= 0.3 is 5.97 Å². The topological polar surface area (TPSA) is 114 Å². The molecule has 0 spiro atoms. The Hall–Kier alpha value is -3.85. The summed E-state index contributed by atoms with van der Waals surface area (Å²) in [6.07, 6.45) is 1.14. The predicted molar refractivity (Wildman–Crippen MR) is 121 cm³/mol. The minimum absolute atomic E-state index is 0.106. The van der Waals surface area contributed by atoms with Crippen molar-refractivity contribution in [2.75, 3.05) is 11.7 Å². The second kappa shape index (κ2) is 9.97. The van der Waals surface area contributed by atoms with E-state index < -0.39 is 15.8 Å². The Morgan fingerprint density at radius 3 is 2.28 bits per heavy atom. The van der Waals surface area contributed by atoms with Gasteiger partial charge in [0.05, 0.1) is 10.6 Å². The lowest BCUT2D eigenvalue weighted by molar-refractivity contribution is -0.129. The molecule has 0 aliphatic rings. The fourth-order valence-electron chi connectivity index (χ4n) is 2.60. The van der Waals surface area contributed by atoms with Crippen LogP contribution in [0, 0.1) is 0 Å². The molecule has 0 bridgehead atoms. The van der Waals surface area contributed by atoms with Crippen molar-refractivity contribution in [2.24, 2.45) is 5.10 Å². The molecule has 0 fully saturated rings. The highest BCUT2D eigenvalue weighted by molar-refractivity contribution is 7.90. The van der Waals surface area contributed by atoms with Crippen molar-refractivity contribution in [3.05, 3.63) is 78.4 Å². The molecule has 0 saturated heterocycles. The lowest BCUT2D eigenvalue weighted by Gasteiger charge is -2.14. The molecule has 0 aliphatic carbocycles. The van der Waals surface area contributed by atoms with Crippen LogP contribution in [0.2, 0.25) is 0 Å². The lowest BCUT2D eigenvalue weighted by atomic mass is 10.2. The van der Waals surface area contributed by atoms with E-state index in [4.69, 9.17) is 14.6 Å². The fraction of sp³-hybridized carbons (Fsp3) is 0.130. The number of aliphatic carboxylic acids is 1. The number of hydrogen-bond acceptors (Lipinski definition) is 7. The quantitative estimate of drug-likeness (QED) is 0.365. The van der Waals surface area contributed by atoms with Crippen molar-refractivity contribution in [1.82, 2.24) is 0 Å². The summed E-state index contributed by atoms with van der Waals surface area (Å²) < 4.78 is 35.0. The number of carboxylic acids is 1. The van der Waals surface area contributed by atoms with Gasteiger partial charge in [-0.3, -0.25) is 5.43 Å². The first-order valence-corrected chi connectivity index (χ1v) is 11.4. The molecule has 3 rings (SSSR count). The normalized spacial score (nSPS) is 11.6. The highest BCUT2D eigenvalue weighted by Crippen LogP contribution is 2.33. The van der Waals surface area contributed by atoms with Crippen LogP contribution < -0.4 is 14.9 Å². The summed E-state index contributed by atoms with van der Waals surface area (Å²) in [7, 11) is -3.30. The van der Waals surface area contributed by atoms with Gasteiger partial charge in [-0.1, -0.05) is 30.3 Å². The monoisotopic (exact) mass is 454 g/mol. The van der Waals surface area contributed by atoms with Crippen LogP contribution in [-0.2, 0) is 21.2 Å². The smallest absolute Gasteiger partial charge is 0.351 e. The van der Waals surface area contributed by atoms with E-state index in [0.29, 0.717) is 22.9 Å². The molecular formula is C23H22N2O6S. The van der Waals surface area contributed by atoms with E-state index in [9.17, 15) is 13.2 Å². The molecule has 2 N–H and O–H groups in total. The number of carboxylic acid groups (broad SMARTS) is 1. The molecule has 0 aliphatic heterocycles. The van der Waals surface area contributed by atoms with Gasteiger partial charge in [-0.15, -0.1) is 0 Å². The zero-order chi connectivity index (χ0) is 23.1. The lowest BCUT2D eigenvalue weighted by Crippen LogP contribution is -2.10. The van der Waals surface area contributed by atoms with Crippen LogP contribution in [0.5, 0.6) is 17.2 Å². The number of carbonyl (C=O) groups is 1. The Kier molecular flexibility index (Phi) is 7.11. The van der Waals surface area contributed by atoms with Gasteiger partial charge in [0, 0.05) is 12.3 Å². The van der Waals surface area contributed by atoms with E-state index in [-0.39, 0.29) is 17.2 Å². The van der Waals surface area contributed by atoms with Gasteiger partial charge in [0.1, 0.15) is 29.6 Å². The third-order valence-corrected chi connectivity index (χ3v) is 5.46. The number of sulfone groups is 1. The van der Waals surface area contributed by atoms with Crippen molar-refractivity contribution in [3.63, 3.8) is 0 Å². The van der Waals surface area contributed by atoms with Crippen molar-refractivity contribution in [1.29, 1.82) is 0 Å². The summed E-state index contributed by atoms with van der Waals surface area (Å²) in [6, 6.07) is 20.6. The average Bonchev–Trinajstić information content (AvgIpc) is 2.77. The maximum atomic E-state index is 11.6. The average molecular weight is 455 g/mol. The zero-order valence-electron chi connectivity index (χ0n) is 17.5. The Morgan fingerprint density at radius 1 is 1.00 bits per heavy atom. The molecule has 0 saturated carbocycles. The number of hydrogen-bond donors (Lipinski definition) is 2. The number of nitrogens with zero attached hydrogens (tertiary/aromatic N) is 1. The Morgan fingerprint density at radius 2 is 1.66 bits per heavy atom. The molecule has 0 atom stereocenters. The molecule has 166 valence electrons. The van der Waals surface area contributed by atoms with Gasteiger partial charge in [0.2, 0.25) is 0 Å². The van der Waals surface area contributed by atoms with Crippen LogP contribution in [0.3, 0.4) is 0 Å². The fourth-order valence-corrected chi connectivity index (χ4v) is 3.23. The van der Waals surface area contributed by atoms with E-state index in [1.54, 1.807) is 30.3 Å². The van der Waals surface area contributed by atoms with E-state index in [1.807, 2.05) is 30.3 Å².